The first-order valence-electron chi connectivity index (χ1n) is 8.36. The topological polar surface area (TPSA) is 46.1 Å². The predicted octanol–water partition coefficient (Wildman–Crippen LogP) is 3.36. The van der Waals surface area contributed by atoms with Crippen LogP contribution in [0, 0.1) is 11.3 Å². The fourth-order valence-corrected chi connectivity index (χ4v) is 3.39. The van der Waals surface area contributed by atoms with Crippen LogP contribution in [0.25, 0.3) is 10.9 Å². The number of nitrogens with one attached hydrogen (secondary N) is 1. The highest BCUT2D eigenvalue weighted by molar-refractivity contribution is 5.81. The van der Waals surface area contributed by atoms with Crippen molar-refractivity contribution in [3.8, 4) is 6.07 Å². The maximum atomic E-state index is 9.01. The van der Waals surface area contributed by atoms with E-state index >= 15 is 0 Å². The van der Waals surface area contributed by atoms with Gasteiger partial charge in [0.05, 0.1) is 11.6 Å². The van der Waals surface area contributed by atoms with Crippen molar-refractivity contribution in [2.75, 3.05) is 31.1 Å². The number of aromatic amines is 1. The molecule has 0 atom stereocenters. The first-order chi connectivity index (χ1) is 11.8. The van der Waals surface area contributed by atoms with Crippen molar-refractivity contribution in [2.45, 2.75) is 6.54 Å². The van der Waals surface area contributed by atoms with Crippen LogP contribution >= 0.6 is 0 Å². The third-order valence-corrected chi connectivity index (χ3v) is 4.69. The summed E-state index contributed by atoms with van der Waals surface area (Å²) in [5.41, 5.74) is 4.28. The van der Waals surface area contributed by atoms with Crippen LogP contribution in [-0.4, -0.2) is 36.1 Å². The SMILES string of the molecule is N#Cc1ccc2cc(CN3CCN(c4ccccc4)CC3)[nH]c2c1. The first kappa shape index (κ1) is 14.8. The van der Waals surface area contributed by atoms with Gasteiger partial charge in [-0.1, -0.05) is 24.3 Å². The molecule has 0 saturated carbocycles. The number of hydrogen-bond donors (Lipinski definition) is 1. The molecule has 24 heavy (non-hydrogen) atoms. The van der Waals surface area contributed by atoms with E-state index in [9.17, 15) is 0 Å². The average Bonchev–Trinajstić information content (AvgIpc) is 3.04. The third kappa shape index (κ3) is 2.99. The highest BCUT2D eigenvalue weighted by Gasteiger charge is 2.17. The molecule has 2 aromatic carbocycles. The van der Waals surface area contributed by atoms with Gasteiger partial charge in [0.2, 0.25) is 0 Å². The highest BCUT2D eigenvalue weighted by Crippen LogP contribution is 2.20. The minimum atomic E-state index is 0.701. The predicted molar refractivity (Wildman–Crippen MR) is 96.9 cm³/mol. The van der Waals surface area contributed by atoms with E-state index < -0.39 is 0 Å². The number of hydrogen-bond acceptors (Lipinski definition) is 3. The molecule has 4 nitrogen and oxygen atoms in total. The van der Waals surface area contributed by atoms with Crippen molar-refractivity contribution >= 4 is 16.6 Å². The number of H-pyrrole nitrogens is 1. The summed E-state index contributed by atoms with van der Waals surface area (Å²) in [4.78, 5) is 8.38. The zero-order valence-corrected chi connectivity index (χ0v) is 13.6. The Morgan fingerprint density at radius 2 is 1.75 bits per heavy atom. The number of anilines is 1. The van der Waals surface area contributed by atoms with Crippen LogP contribution < -0.4 is 4.90 Å². The molecule has 0 amide bonds. The Morgan fingerprint density at radius 1 is 0.958 bits per heavy atom. The minimum absolute atomic E-state index is 0.701. The normalized spacial score (nSPS) is 15.5. The number of rotatable bonds is 3. The van der Waals surface area contributed by atoms with E-state index in [0.29, 0.717) is 5.56 Å². The zero-order valence-electron chi connectivity index (χ0n) is 13.6. The molecule has 0 radical (unpaired) electrons. The largest absolute Gasteiger partial charge is 0.369 e. The number of benzene rings is 2. The van der Waals surface area contributed by atoms with Crippen molar-refractivity contribution in [1.29, 1.82) is 5.26 Å². The summed E-state index contributed by atoms with van der Waals surface area (Å²) >= 11 is 0. The average molecular weight is 316 g/mol. The second-order valence-electron chi connectivity index (χ2n) is 6.31. The van der Waals surface area contributed by atoms with Crippen molar-refractivity contribution < 1.29 is 0 Å². The molecule has 1 saturated heterocycles. The van der Waals surface area contributed by atoms with Gasteiger partial charge >= 0.3 is 0 Å². The van der Waals surface area contributed by atoms with Crippen LogP contribution in [0.5, 0.6) is 0 Å². The van der Waals surface area contributed by atoms with Crippen LogP contribution in [-0.2, 0) is 6.54 Å². The molecule has 4 heteroatoms. The summed E-state index contributed by atoms with van der Waals surface area (Å²) in [7, 11) is 0. The Balaban J connectivity index is 1.41. The molecule has 0 bridgehead atoms. The van der Waals surface area contributed by atoms with Gasteiger partial charge in [-0.3, -0.25) is 4.90 Å². The summed E-state index contributed by atoms with van der Waals surface area (Å²) in [6.07, 6.45) is 0. The van der Waals surface area contributed by atoms with Crippen molar-refractivity contribution in [2.24, 2.45) is 0 Å². The fraction of sp³-hybridized carbons (Fsp3) is 0.250. The number of fused-ring (bicyclic) bond motifs is 1. The van der Waals surface area contributed by atoms with E-state index in [1.165, 1.54) is 16.8 Å². The lowest BCUT2D eigenvalue weighted by atomic mass is 10.2. The van der Waals surface area contributed by atoms with E-state index in [-0.39, 0.29) is 0 Å². The van der Waals surface area contributed by atoms with Gasteiger partial charge in [0, 0.05) is 49.6 Å². The van der Waals surface area contributed by atoms with Gasteiger partial charge in [0.25, 0.3) is 0 Å². The summed E-state index contributed by atoms with van der Waals surface area (Å²) < 4.78 is 0. The molecule has 1 aromatic heterocycles. The minimum Gasteiger partial charge on any atom is -0.369 e. The molecule has 0 unspecified atom stereocenters. The molecule has 120 valence electrons. The van der Waals surface area contributed by atoms with E-state index in [2.05, 4.69) is 57.3 Å². The summed E-state index contributed by atoms with van der Waals surface area (Å²) in [6, 6.07) is 20.8. The maximum Gasteiger partial charge on any atom is 0.0992 e. The van der Waals surface area contributed by atoms with Gasteiger partial charge < -0.3 is 9.88 Å². The maximum absolute atomic E-state index is 9.01. The molecule has 1 N–H and O–H groups in total. The second kappa shape index (κ2) is 6.38. The smallest absolute Gasteiger partial charge is 0.0992 e. The Bertz CT molecular complexity index is 868. The summed E-state index contributed by atoms with van der Waals surface area (Å²) in [5.74, 6) is 0. The molecule has 1 aliphatic rings. The van der Waals surface area contributed by atoms with E-state index in [4.69, 9.17) is 5.26 Å². The molecule has 0 aliphatic carbocycles. The quantitative estimate of drug-likeness (QED) is 0.806. The van der Waals surface area contributed by atoms with Gasteiger partial charge in [0.1, 0.15) is 0 Å². The summed E-state index contributed by atoms with van der Waals surface area (Å²) in [5, 5.41) is 10.2. The van der Waals surface area contributed by atoms with Crippen LogP contribution in [0.1, 0.15) is 11.3 Å². The van der Waals surface area contributed by atoms with Gasteiger partial charge in [-0.25, -0.2) is 0 Å². The van der Waals surface area contributed by atoms with E-state index in [1.54, 1.807) is 0 Å². The number of nitriles is 1. The number of para-hydroxylation sites is 1. The van der Waals surface area contributed by atoms with E-state index in [1.807, 2.05) is 18.2 Å². The van der Waals surface area contributed by atoms with Crippen molar-refractivity contribution in [1.82, 2.24) is 9.88 Å². The lowest BCUT2D eigenvalue weighted by Crippen LogP contribution is -2.46. The van der Waals surface area contributed by atoms with Crippen molar-refractivity contribution in [3.05, 3.63) is 65.9 Å². The van der Waals surface area contributed by atoms with Gasteiger partial charge in [-0.15, -0.1) is 0 Å². The van der Waals surface area contributed by atoms with Crippen molar-refractivity contribution in [3.63, 3.8) is 0 Å². The molecule has 0 spiro atoms. The molecule has 1 aliphatic heterocycles. The van der Waals surface area contributed by atoms with Gasteiger partial charge in [0.15, 0.2) is 0 Å². The van der Waals surface area contributed by atoms with Gasteiger partial charge in [-0.2, -0.15) is 5.26 Å². The monoisotopic (exact) mass is 316 g/mol. The number of piperazine rings is 1. The Labute approximate surface area is 141 Å². The first-order valence-corrected chi connectivity index (χ1v) is 8.36. The molecular weight excluding hydrogens is 296 g/mol. The molecule has 2 heterocycles. The standard InChI is InChI=1S/C20H20N4/c21-14-16-6-7-17-13-18(22-20(17)12-16)15-23-8-10-24(11-9-23)19-4-2-1-3-5-19/h1-7,12-13,22H,8-11,15H2. The zero-order chi connectivity index (χ0) is 16.4. The molecule has 3 aromatic rings. The Hall–Kier alpha value is -2.77. The lowest BCUT2D eigenvalue weighted by molar-refractivity contribution is 0.247. The molecule has 1 fully saturated rings. The fourth-order valence-electron chi connectivity index (χ4n) is 3.39. The third-order valence-electron chi connectivity index (χ3n) is 4.69. The second-order valence-corrected chi connectivity index (χ2v) is 6.31. The van der Waals surface area contributed by atoms with E-state index in [0.717, 1.165) is 38.2 Å². The van der Waals surface area contributed by atoms with Crippen LogP contribution in [0.2, 0.25) is 0 Å². The number of aromatic nitrogens is 1. The summed E-state index contributed by atoms with van der Waals surface area (Å²) in [6.45, 7) is 5.17. The Morgan fingerprint density at radius 3 is 2.50 bits per heavy atom. The van der Waals surface area contributed by atoms with Crippen LogP contribution in [0.4, 0.5) is 5.69 Å². The lowest BCUT2D eigenvalue weighted by Gasteiger charge is -2.35. The van der Waals surface area contributed by atoms with Gasteiger partial charge in [-0.05, 0) is 35.7 Å². The Kier molecular flexibility index (Phi) is 3.94. The highest BCUT2D eigenvalue weighted by atomic mass is 15.3. The number of nitrogens with zero attached hydrogens (tertiary/aromatic N) is 3. The molecular formula is C20H20N4. The van der Waals surface area contributed by atoms with Crippen LogP contribution in [0.3, 0.4) is 0 Å². The molecule has 4 rings (SSSR count). The van der Waals surface area contributed by atoms with Crippen LogP contribution in [0.15, 0.2) is 54.6 Å².